The minimum Gasteiger partial charge on any atom is -0.445 e. The minimum atomic E-state index is -0.110. The molecule has 7 nitrogen and oxygen atoms in total. The Morgan fingerprint density at radius 1 is 1.42 bits per heavy atom. The lowest BCUT2D eigenvalue weighted by Gasteiger charge is -2.08. The van der Waals surface area contributed by atoms with E-state index in [1.54, 1.807) is 12.5 Å². The Hall–Kier alpha value is -2.61. The summed E-state index contributed by atoms with van der Waals surface area (Å²) in [4.78, 5) is 15.4. The van der Waals surface area contributed by atoms with E-state index < -0.39 is 0 Å². The molecule has 24 heavy (non-hydrogen) atoms. The maximum Gasteiger partial charge on any atom is 0.221 e. The minimum absolute atomic E-state index is 0.110. The highest BCUT2D eigenvalue weighted by Crippen LogP contribution is 2.24. The van der Waals surface area contributed by atoms with Crippen LogP contribution in [0.15, 0.2) is 46.4 Å². The normalized spacial score (nSPS) is 10.8. The molecule has 0 aliphatic carbocycles. The van der Waals surface area contributed by atoms with Crippen LogP contribution in [0.1, 0.15) is 25.5 Å². The lowest BCUT2D eigenvalue weighted by atomic mass is 10.2. The van der Waals surface area contributed by atoms with Crippen LogP contribution >= 0.6 is 11.8 Å². The Balaban J connectivity index is 1.76. The SMILES string of the molecule is CCc1cnc(CSc2nncn2-c2cccc(NC(C)=O)c2)o1. The van der Waals surface area contributed by atoms with Crippen LogP contribution in [-0.2, 0) is 17.0 Å². The van der Waals surface area contributed by atoms with Crippen molar-refractivity contribution < 1.29 is 9.21 Å². The molecule has 2 heterocycles. The summed E-state index contributed by atoms with van der Waals surface area (Å²) in [5.41, 5.74) is 1.60. The summed E-state index contributed by atoms with van der Waals surface area (Å²) in [7, 11) is 0. The Kier molecular flexibility index (Phi) is 4.95. The van der Waals surface area contributed by atoms with Crippen molar-refractivity contribution in [3.8, 4) is 5.69 Å². The number of benzene rings is 1. The Morgan fingerprint density at radius 3 is 3.04 bits per heavy atom. The summed E-state index contributed by atoms with van der Waals surface area (Å²) in [5, 5.41) is 11.6. The van der Waals surface area contributed by atoms with Gasteiger partial charge in [0.25, 0.3) is 0 Å². The summed E-state index contributed by atoms with van der Waals surface area (Å²) in [5.74, 6) is 2.00. The number of aryl methyl sites for hydroxylation is 1. The fourth-order valence-corrected chi connectivity index (χ4v) is 2.92. The molecule has 0 saturated heterocycles. The van der Waals surface area contributed by atoms with Crippen molar-refractivity contribution in [3.05, 3.63) is 48.4 Å². The van der Waals surface area contributed by atoms with Crippen molar-refractivity contribution in [2.75, 3.05) is 5.32 Å². The van der Waals surface area contributed by atoms with Crippen molar-refractivity contribution in [1.29, 1.82) is 0 Å². The summed E-state index contributed by atoms with van der Waals surface area (Å²) in [6, 6.07) is 7.51. The zero-order chi connectivity index (χ0) is 16.9. The van der Waals surface area contributed by atoms with Gasteiger partial charge in [0, 0.05) is 19.0 Å². The van der Waals surface area contributed by atoms with E-state index in [1.807, 2.05) is 35.8 Å². The Morgan fingerprint density at radius 2 is 2.29 bits per heavy atom. The van der Waals surface area contributed by atoms with Crippen molar-refractivity contribution in [2.24, 2.45) is 0 Å². The molecule has 0 fully saturated rings. The lowest BCUT2D eigenvalue weighted by Crippen LogP contribution is -2.06. The van der Waals surface area contributed by atoms with Gasteiger partial charge in [-0.3, -0.25) is 9.36 Å². The second-order valence-corrected chi connectivity index (χ2v) is 6.02. The maximum absolute atomic E-state index is 11.2. The average Bonchev–Trinajstić information content (AvgIpc) is 3.21. The maximum atomic E-state index is 11.2. The van der Waals surface area contributed by atoms with Gasteiger partial charge < -0.3 is 9.73 Å². The molecule has 1 amide bonds. The first-order chi connectivity index (χ1) is 11.7. The van der Waals surface area contributed by atoms with Crippen LogP contribution in [0.2, 0.25) is 0 Å². The third-order valence-electron chi connectivity index (χ3n) is 3.24. The summed E-state index contributed by atoms with van der Waals surface area (Å²) >= 11 is 1.49. The van der Waals surface area contributed by atoms with Crippen LogP contribution in [0.4, 0.5) is 5.69 Å². The van der Waals surface area contributed by atoms with Gasteiger partial charge >= 0.3 is 0 Å². The standard InChI is InChI=1S/C16H17N5O2S/c1-3-14-8-17-15(23-14)9-24-16-20-18-10-21(16)13-6-4-5-12(7-13)19-11(2)22/h4-8,10H,3,9H2,1-2H3,(H,19,22). The summed E-state index contributed by atoms with van der Waals surface area (Å²) < 4.78 is 7.46. The van der Waals surface area contributed by atoms with E-state index in [4.69, 9.17) is 4.42 Å². The van der Waals surface area contributed by atoms with Crippen molar-refractivity contribution in [2.45, 2.75) is 31.2 Å². The van der Waals surface area contributed by atoms with Gasteiger partial charge in [-0.1, -0.05) is 24.8 Å². The number of rotatable bonds is 6. The molecule has 1 N–H and O–H groups in total. The van der Waals surface area contributed by atoms with Crippen LogP contribution in [0.3, 0.4) is 0 Å². The highest BCUT2D eigenvalue weighted by Gasteiger charge is 2.10. The number of nitrogens with zero attached hydrogens (tertiary/aromatic N) is 4. The molecule has 3 rings (SSSR count). The van der Waals surface area contributed by atoms with Gasteiger partial charge in [-0.25, -0.2) is 4.98 Å². The molecule has 0 bridgehead atoms. The molecule has 0 unspecified atom stereocenters. The average molecular weight is 343 g/mol. The van der Waals surface area contributed by atoms with E-state index in [0.29, 0.717) is 11.6 Å². The predicted molar refractivity (Wildman–Crippen MR) is 91.1 cm³/mol. The van der Waals surface area contributed by atoms with Gasteiger partial charge in [0.15, 0.2) is 5.16 Å². The summed E-state index contributed by atoms with van der Waals surface area (Å²) in [6.07, 6.45) is 4.21. The molecule has 0 atom stereocenters. The van der Waals surface area contributed by atoms with Gasteiger partial charge in [0.1, 0.15) is 12.1 Å². The van der Waals surface area contributed by atoms with E-state index >= 15 is 0 Å². The molecule has 0 saturated carbocycles. The van der Waals surface area contributed by atoms with Gasteiger partial charge in [-0.2, -0.15) is 0 Å². The molecule has 8 heteroatoms. The monoisotopic (exact) mass is 343 g/mol. The molecular formula is C16H17N5O2S. The predicted octanol–water partition coefficient (Wildman–Crippen LogP) is 3.07. The quantitative estimate of drug-likeness (QED) is 0.692. The van der Waals surface area contributed by atoms with E-state index in [0.717, 1.165) is 28.7 Å². The largest absolute Gasteiger partial charge is 0.445 e. The van der Waals surface area contributed by atoms with Crippen molar-refractivity contribution >= 4 is 23.4 Å². The molecule has 0 aliphatic heterocycles. The third-order valence-corrected chi connectivity index (χ3v) is 4.16. The number of hydrogen-bond donors (Lipinski definition) is 1. The fraction of sp³-hybridized carbons (Fsp3) is 0.250. The van der Waals surface area contributed by atoms with Crippen LogP contribution in [0, 0.1) is 0 Å². The Labute approximate surface area is 143 Å². The lowest BCUT2D eigenvalue weighted by molar-refractivity contribution is -0.114. The molecule has 0 radical (unpaired) electrons. The topological polar surface area (TPSA) is 85.8 Å². The molecule has 0 spiro atoms. The van der Waals surface area contributed by atoms with E-state index in [2.05, 4.69) is 20.5 Å². The van der Waals surface area contributed by atoms with Gasteiger partial charge in [0.2, 0.25) is 11.8 Å². The first-order valence-electron chi connectivity index (χ1n) is 7.50. The zero-order valence-corrected chi connectivity index (χ0v) is 14.2. The van der Waals surface area contributed by atoms with Crippen LogP contribution in [0.5, 0.6) is 0 Å². The van der Waals surface area contributed by atoms with Gasteiger partial charge in [0.05, 0.1) is 17.6 Å². The number of anilines is 1. The zero-order valence-electron chi connectivity index (χ0n) is 13.4. The molecule has 2 aromatic heterocycles. The molecule has 0 aliphatic rings. The number of thioether (sulfide) groups is 1. The smallest absolute Gasteiger partial charge is 0.221 e. The molecule has 3 aromatic rings. The van der Waals surface area contributed by atoms with Crippen LogP contribution in [-0.4, -0.2) is 25.7 Å². The number of aromatic nitrogens is 4. The number of carbonyl (C=O) groups is 1. The molecule has 124 valence electrons. The summed E-state index contributed by atoms with van der Waals surface area (Å²) in [6.45, 7) is 3.50. The second-order valence-electron chi connectivity index (χ2n) is 5.08. The van der Waals surface area contributed by atoms with Crippen molar-refractivity contribution in [1.82, 2.24) is 19.7 Å². The van der Waals surface area contributed by atoms with E-state index in [1.165, 1.54) is 18.7 Å². The van der Waals surface area contributed by atoms with Crippen molar-refractivity contribution in [3.63, 3.8) is 0 Å². The first-order valence-corrected chi connectivity index (χ1v) is 8.48. The third kappa shape index (κ3) is 3.83. The number of carbonyl (C=O) groups excluding carboxylic acids is 1. The highest BCUT2D eigenvalue weighted by atomic mass is 32.2. The van der Waals surface area contributed by atoms with Crippen LogP contribution < -0.4 is 5.32 Å². The Bertz CT molecular complexity index is 842. The van der Waals surface area contributed by atoms with E-state index in [9.17, 15) is 4.79 Å². The van der Waals surface area contributed by atoms with E-state index in [-0.39, 0.29) is 5.91 Å². The van der Waals surface area contributed by atoms with Crippen LogP contribution in [0.25, 0.3) is 5.69 Å². The molecule has 1 aromatic carbocycles. The van der Waals surface area contributed by atoms with Gasteiger partial charge in [-0.15, -0.1) is 10.2 Å². The number of amides is 1. The number of hydrogen-bond acceptors (Lipinski definition) is 6. The highest BCUT2D eigenvalue weighted by molar-refractivity contribution is 7.98. The number of oxazole rings is 1. The molecular weight excluding hydrogens is 326 g/mol. The first kappa shape index (κ1) is 16.3. The number of nitrogens with one attached hydrogen (secondary N) is 1. The van der Waals surface area contributed by atoms with Gasteiger partial charge in [-0.05, 0) is 18.2 Å². The fourth-order valence-electron chi connectivity index (χ4n) is 2.14. The second kappa shape index (κ2) is 7.31.